The van der Waals surface area contributed by atoms with Crippen molar-refractivity contribution >= 4 is 0 Å². The zero-order chi connectivity index (χ0) is 13.3. The maximum absolute atomic E-state index is 10.8. The van der Waals surface area contributed by atoms with E-state index in [1.165, 1.54) is 11.1 Å². The molecule has 0 spiro atoms. The number of aryl methyl sites for hydroxylation is 2. The first-order valence-electron chi connectivity index (χ1n) is 6.96. The van der Waals surface area contributed by atoms with Gasteiger partial charge >= 0.3 is 0 Å². The molecule has 1 aromatic carbocycles. The maximum Gasteiger partial charge on any atom is 0.0921 e. The third kappa shape index (κ3) is 2.60. The third-order valence-corrected chi connectivity index (χ3v) is 4.40. The summed E-state index contributed by atoms with van der Waals surface area (Å²) in [6, 6.07) is 6.94. The Morgan fingerprint density at radius 3 is 2.22 bits per heavy atom. The summed E-state index contributed by atoms with van der Waals surface area (Å²) in [5, 5.41) is 10.8. The molecule has 1 heterocycles. The van der Waals surface area contributed by atoms with E-state index in [0.717, 1.165) is 31.5 Å². The van der Waals surface area contributed by atoms with Gasteiger partial charge in [0.05, 0.1) is 5.60 Å². The van der Waals surface area contributed by atoms with Gasteiger partial charge in [-0.05, 0) is 57.2 Å². The fraction of sp³-hybridized carbons (Fsp3) is 0.625. The van der Waals surface area contributed by atoms with Gasteiger partial charge in [0, 0.05) is 19.1 Å². The Morgan fingerprint density at radius 2 is 1.72 bits per heavy atom. The number of aliphatic hydroxyl groups is 1. The second-order valence-electron chi connectivity index (χ2n) is 5.96. The van der Waals surface area contributed by atoms with Crippen LogP contribution in [-0.4, -0.2) is 29.1 Å². The van der Waals surface area contributed by atoms with Crippen molar-refractivity contribution in [3.63, 3.8) is 0 Å². The smallest absolute Gasteiger partial charge is 0.0921 e. The molecule has 1 aromatic rings. The standard InChI is InChI=1S/C16H25NO/c1-12(2)17-9-7-16(18,8-10-17)15-6-5-13(3)14(4)11-15/h5-6,11-12,18H,7-10H2,1-4H3. The molecular formula is C16H25NO. The molecule has 1 N–H and O–H groups in total. The number of rotatable bonds is 2. The lowest BCUT2D eigenvalue weighted by Gasteiger charge is -2.40. The Balaban J connectivity index is 2.15. The summed E-state index contributed by atoms with van der Waals surface area (Å²) in [5.74, 6) is 0. The van der Waals surface area contributed by atoms with E-state index in [0.29, 0.717) is 6.04 Å². The van der Waals surface area contributed by atoms with Crippen LogP contribution in [0.15, 0.2) is 18.2 Å². The van der Waals surface area contributed by atoms with E-state index in [1.54, 1.807) is 0 Å². The van der Waals surface area contributed by atoms with E-state index >= 15 is 0 Å². The Kier molecular flexibility index (Phi) is 3.79. The highest BCUT2D eigenvalue weighted by molar-refractivity contribution is 5.33. The summed E-state index contributed by atoms with van der Waals surface area (Å²) in [6.07, 6.45) is 1.68. The van der Waals surface area contributed by atoms with Crippen molar-refractivity contribution in [2.75, 3.05) is 13.1 Å². The molecule has 100 valence electrons. The van der Waals surface area contributed by atoms with Crippen LogP contribution in [0.5, 0.6) is 0 Å². The van der Waals surface area contributed by atoms with Crippen LogP contribution >= 0.6 is 0 Å². The quantitative estimate of drug-likeness (QED) is 0.868. The van der Waals surface area contributed by atoms with Crippen LogP contribution in [0, 0.1) is 13.8 Å². The van der Waals surface area contributed by atoms with Gasteiger partial charge in [0.25, 0.3) is 0 Å². The summed E-state index contributed by atoms with van der Waals surface area (Å²) < 4.78 is 0. The number of benzene rings is 1. The van der Waals surface area contributed by atoms with E-state index in [9.17, 15) is 5.11 Å². The maximum atomic E-state index is 10.8. The van der Waals surface area contributed by atoms with E-state index in [2.05, 4.69) is 50.8 Å². The third-order valence-electron chi connectivity index (χ3n) is 4.40. The van der Waals surface area contributed by atoms with Crippen LogP contribution in [-0.2, 0) is 5.60 Å². The second-order valence-corrected chi connectivity index (χ2v) is 5.96. The molecule has 2 heteroatoms. The minimum atomic E-state index is -0.621. The average molecular weight is 247 g/mol. The molecule has 1 aliphatic heterocycles. The lowest BCUT2D eigenvalue weighted by molar-refractivity contribution is -0.0324. The first kappa shape index (κ1) is 13.6. The fourth-order valence-corrected chi connectivity index (χ4v) is 2.73. The molecule has 0 radical (unpaired) electrons. The van der Waals surface area contributed by atoms with Gasteiger partial charge in [-0.25, -0.2) is 0 Å². The lowest BCUT2D eigenvalue weighted by Crippen LogP contribution is -2.45. The largest absolute Gasteiger partial charge is 0.385 e. The molecule has 2 rings (SSSR count). The van der Waals surface area contributed by atoms with Crippen molar-refractivity contribution < 1.29 is 5.11 Å². The van der Waals surface area contributed by atoms with Gasteiger partial charge in [0.1, 0.15) is 0 Å². The fourth-order valence-electron chi connectivity index (χ4n) is 2.73. The molecule has 2 nitrogen and oxygen atoms in total. The molecule has 1 fully saturated rings. The van der Waals surface area contributed by atoms with E-state index in [1.807, 2.05) is 0 Å². The summed E-state index contributed by atoms with van der Waals surface area (Å²) in [4.78, 5) is 2.44. The van der Waals surface area contributed by atoms with Crippen LogP contribution in [0.3, 0.4) is 0 Å². The van der Waals surface area contributed by atoms with Gasteiger partial charge in [0.15, 0.2) is 0 Å². The summed E-state index contributed by atoms with van der Waals surface area (Å²) >= 11 is 0. The van der Waals surface area contributed by atoms with E-state index in [4.69, 9.17) is 0 Å². The highest BCUT2D eigenvalue weighted by atomic mass is 16.3. The molecule has 0 amide bonds. The minimum absolute atomic E-state index is 0.578. The van der Waals surface area contributed by atoms with Crippen LogP contribution in [0.2, 0.25) is 0 Å². The average Bonchev–Trinajstić information content (AvgIpc) is 2.33. The zero-order valence-electron chi connectivity index (χ0n) is 12.0. The van der Waals surface area contributed by atoms with Gasteiger partial charge in [-0.1, -0.05) is 18.2 Å². The Hall–Kier alpha value is -0.860. The second kappa shape index (κ2) is 5.02. The number of nitrogens with zero attached hydrogens (tertiary/aromatic N) is 1. The van der Waals surface area contributed by atoms with Gasteiger partial charge in [-0.2, -0.15) is 0 Å². The van der Waals surface area contributed by atoms with Crippen molar-refractivity contribution in [1.82, 2.24) is 4.90 Å². The minimum Gasteiger partial charge on any atom is -0.385 e. The Bertz CT molecular complexity index is 417. The SMILES string of the molecule is Cc1ccc(C2(O)CCN(C(C)C)CC2)cc1C. The van der Waals surface area contributed by atoms with E-state index < -0.39 is 5.60 Å². The van der Waals surface area contributed by atoms with Crippen LogP contribution < -0.4 is 0 Å². The highest BCUT2D eigenvalue weighted by Crippen LogP contribution is 2.34. The van der Waals surface area contributed by atoms with Crippen molar-refractivity contribution in [3.8, 4) is 0 Å². The van der Waals surface area contributed by atoms with Crippen molar-refractivity contribution in [1.29, 1.82) is 0 Å². The Labute approximate surface area is 111 Å². The van der Waals surface area contributed by atoms with Gasteiger partial charge < -0.3 is 10.0 Å². The van der Waals surface area contributed by atoms with Crippen LogP contribution in [0.4, 0.5) is 0 Å². The van der Waals surface area contributed by atoms with Gasteiger partial charge in [-0.15, -0.1) is 0 Å². The monoisotopic (exact) mass is 247 g/mol. The molecule has 0 bridgehead atoms. The van der Waals surface area contributed by atoms with Crippen molar-refractivity contribution in [2.45, 2.75) is 52.2 Å². The topological polar surface area (TPSA) is 23.5 Å². The molecule has 0 saturated carbocycles. The Morgan fingerprint density at radius 1 is 1.11 bits per heavy atom. The number of likely N-dealkylation sites (tertiary alicyclic amines) is 1. The summed E-state index contributed by atoms with van der Waals surface area (Å²) in [7, 11) is 0. The van der Waals surface area contributed by atoms with Crippen LogP contribution in [0.25, 0.3) is 0 Å². The molecule has 1 saturated heterocycles. The first-order valence-corrected chi connectivity index (χ1v) is 6.96. The lowest BCUT2D eigenvalue weighted by atomic mass is 9.83. The molecule has 0 aliphatic carbocycles. The molecule has 18 heavy (non-hydrogen) atoms. The number of hydrogen-bond donors (Lipinski definition) is 1. The zero-order valence-corrected chi connectivity index (χ0v) is 12.0. The molecule has 0 atom stereocenters. The first-order chi connectivity index (χ1) is 8.42. The highest BCUT2D eigenvalue weighted by Gasteiger charge is 2.34. The normalized spacial score (nSPS) is 20.3. The summed E-state index contributed by atoms with van der Waals surface area (Å²) in [5.41, 5.74) is 3.03. The van der Waals surface area contributed by atoms with Gasteiger partial charge in [-0.3, -0.25) is 0 Å². The predicted octanol–water partition coefficient (Wildman–Crippen LogP) is 3.00. The molecular weight excluding hydrogens is 222 g/mol. The van der Waals surface area contributed by atoms with Crippen molar-refractivity contribution in [2.24, 2.45) is 0 Å². The van der Waals surface area contributed by atoms with Crippen molar-refractivity contribution in [3.05, 3.63) is 34.9 Å². The molecule has 0 aromatic heterocycles. The van der Waals surface area contributed by atoms with Crippen LogP contribution in [0.1, 0.15) is 43.4 Å². The summed E-state index contributed by atoms with van der Waals surface area (Å²) in [6.45, 7) is 10.7. The number of hydrogen-bond acceptors (Lipinski definition) is 2. The predicted molar refractivity (Wildman–Crippen MR) is 75.8 cm³/mol. The van der Waals surface area contributed by atoms with E-state index in [-0.39, 0.29) is 0 Å². The molecule has 0 unspecified atom stereocenters. The number of piperidine rings is 1. The van der Waals surface area contributed by atoms with Gasteiger partial charge in [0.2, 0.25) is 0 Å². The molecule has 1 aliphatic rings.